The van der Waals surface area contributed by atoms with Crippen molar-refractivity contribution in [2.45, 2.75) is 13.1 Å². The Labute approximate surface area is 173 Å². The predicted molar refractivity (Wildman–Crippen MR) is 110 cm³/mol. The number of fused-ring (bicyclic) bond motifs is 1. The van der Waals surface area contributed by atoms with E-state index in [0.717, 1.165) is 11.3 Å². The SMILES string of the molecule is COc1cc(N2CCN(C(=O)O)CC2)c2c(c1)N(Cc1cccc(F)c1)C(=O)NC2. The minimum Gasteiger partial charge on any atom is -0.497 e. The van der Waals surface area contributed by atoms with Crippen LogP contribution in [0.4, 0.5) is 25.4 Å². The lowest BCUT2D eigenvalue weighted by Crippen LogP contribution is -2.49. The fraction of sp³-hybridized carbons (Fsp3) is 0.333. The summed E-state index contributed by atoms with van der Waals surface area (Å²) in [6.45, 7) is 2.47. The van der Waals surface area contributed by atoms with Crippen LogP contribution in [0.1, 0.15) is 11.1 Å². The summed E-state index contributed by atoms with van der Waals surface area (Å²) in [5.74, 6) is 0.246. The summed E-state index contributed by atoms with van der Waals surface area (Å²) in [7, 11) is 1.56. The van der Waals surface area contributed by atoms with Crippen LogP contribution in [0.3, 0.4) is 0 Å². The molecule has 0 unspecified atom stereocenters. The molecule has 2 aliphatic rings. The van der Waals surface area contributed by atoms with Crippen LogP contribution < -0.4 is 19.9 Å². The molecule has 158 valence electrons. The van der Waals surface area contributed by atoms with Crippen LogP contribution in [0.25, 0.3) is 0 Å². The van der Waals surface area contributed by atoms with Gasteiger partial charge in [-0.2, -0.15) is 0 Å². The molecular formula is C21H23FN4O4. The van der Waals surface area contributed by atoms with E-state index >= 15 is 0 Å². The third-order valence-corrected chi connectivity index (χ3v) is 5.48. The van der Waals surface area contributed by atoms with Gasteiger partial charge in [-0.3, -0.25) is 4.90 Å². The van der Waals surface area contributed by atoms with Crippen molar-refractivity contribution in [3.63, 3.8) is 0 Å². The van der Waals surface area contributed by atoms with E-state index in [1.165, 1.54) is 17.0 Å². The maximum Gasteiger partial charge on any atom is 0.407 e. The van der Waals surface area contributed by atoms with Crippen LogP contribution in [-0.4, -0.2) is 55.4 Å². The van der Waals surface area contributed by atoms with Gasteiger partial charge in [0.25, 0.3) is 0 Å². The van der Waals surface area contributed by atoms with E-state index in [4.69, 9.17) is 4.74 Å². The molecule has 2 N–H and O–H groups in total. The Hall–Kier alpha value is -3.49. The number of hydrogen-bond acceptors (Lipinski definition) is 4. The molecule has 0 aliphatic carbocycles. The maximum atomic E-state index is 13.6. The summed E-state index contributed by atoms with van der Waals surface area (Å²) in [5, 5.41) is 12.1. The summed E-state index contributed by atoms with van der Waals surface area (Å²) in [5.41, 5.74) is 3.21. The molecule has 2 aromatic carbocycles. The number of nitrogens with one attached hydrogen (secondary N) is 1. The zero-order valence-corrected chi connectivity index (χ0v) is 16.6. The first-order valence-electron chi connectivity index (χ1n) is 9.70. The van der Waals surface area contributed by atoms with Gasteiger partial charge in [0.1, 0.15) is 11.6 Å². The fourth-order valence-electron chi connectivity index (χ4n) is 3.92. The van der Waals surface area contributed by atoms with Crippen LogP contribution in [0.15, 0.2) is 36.4 Å². The second-order valence-electron chi connectivity index (χ2n) is 7.28. The third-order valence-electron chi connectivity index (χ3n) is 5.48. The molecule has 1 saturated heterocycles. The highest BCUT2D eigenvalue weighted by molar-refractivity contribution is 5.96. The largest absolute Gasteiger partial charge is 0.497 e. The van der Waals surface area contributed by atoms with Crippen LogP contribution in [0, 0.1) is 5.82 Å². The Morgan fingerprint density at radius 2 is 1.90 bits per heavy atom. The first-order valence-corrected chi connectivity index (χ1v) is 9.70. The Morgan fingerprint density at radius 3 is 2.57 bits per heavy atom. The molecule has 8 nitrogen and oxygen atoms in total. The Balaban J connectivity index is 1.68. The highest BCUT2D eigenvalue weighted by atomic mass is 19.1. The molecule has 0 radical (unpaired) electrons. The molecule has 0 spiro atoms. The number of nitrogens with zero attached hydrogens (tertiary/aromatic N) is 3. The molecule has 1 fully saturated rings. The molecule has 0 bridgehead atoms. The zero-order valence-electron chi connectivity index (χ0n) is 16.6. The van der Waals surface area contributed by atoms with Gasteiger partial charge in [-0.05, 0) is 17.7 Å². The van der Waals surface area contributed by atoms with E-state index in [1.54, 1.807) is 24.1 Å². The van der Waals surface area contributed by atoms with Crippen molar-refractivity contribution in [3.8, 4) is 5.75 Å². The number of urea groups is 1. The highest BCUT2D eigenvalue weighted by Gasteiger charge is 2.30. The van der Waals surface area contributed by atoms with Gasteiger partial charge in [0.2, 0.25) is 0 Å². The summed E-state index contributed by atoms with van der Waals surface area (Å²) in [6.07, 6.45) is -0.921. The number of ether oxygens (including phenoxy) is 1. The van der Waals surface area contributed by atoms with Crippen LogP contribution in [-0.2, 0) is 13.1 Å². The number of rotatable bonds is 4. The zero-order chi connectivity index (χ0) is 21.3. The Kier molecular flexibility index (Phi) is 5.35. The molecule has 0 atom stereocenters. The normalized spacial score (nSPS) is 16.2. The van der Waals surface area contributed by atoms with Crippen molar-refractivity contribution in [3.05, 3.63) is 53.3 Å². The first kappa shape index (κ1) is 19.8. The Bertz CT molecular complexity index is 975. The van der Waals surface area contributed by atoms with E-state index < -0.39 is 6.09 Å². The molecule has 4 rings (SSSR count). The van der Waals surface area contributed by atoms with Gasteiger partial charge in [0.05, 0.1) is 19.3 Å². The summed E-state index contributed by atoms with van der Waals surface area (Å²) in [6, 6.07) is 9.63. The topological polar surface area (TPSA) is 85.4 Å². The lowest BCUT2D eigenvalue weighted by Gasteiger charge is -2.38. The van der Waals surface area contributed by atoms with E-state index in [9.17, 15) is 19.1 Å². The van der Waals surface area contributed by atoms with Gasteiger partial charge in [-0.15, -0.1) is 0 Å². The van der Waals surface area contributed by atoms with Crippen molar-refractivity contribution in [2.75, 3.05) is 43.1 Å². The summed E-state index contributed by atoms with van der Waals surface area (Å²) >= 11 is 0. The smallest absolute Gasteiger partial charge is 0.407 e. The number of carbonyl (C=O) groups excluding carboxylic acids is 1. The minimum absolute atomic E-state index is 0.218. The lowest BCUT2D eigenvalue weighted by atomic mass is 10.0. The van der Waals surface area contributed by atoms with Gasteiger partial charge in [-0.25, -0.2) is 14.0 Å². The van der Waals surface area contributed by atoms with E-state index in [-0.39, 0.29) is 18.4 Å². The second kappa shape index (κ2) is 8.10. The van der Waals surface area contributed by atoms with Crippen LogP contribution >= 0.6 is 0 Å². The predicted octanol–water partition coefficient (Wildman–Crippen LogP) is 2.86. The summed E-state index contributed by atoms with van der Waals surface area (Å²) < 4.78 is 19.1. The number of halogens is 1. The number of hydrogen-bond donors (Lipinski definition) is 2. The van der Waals surface area contributed by atoms with Crippen molar-refractivity contribution in [1.29, 1.82) is 0 Å². The molecule has 3 amide bonds. The molecule has 30 heavy (non-hydrogen) atoms. The highest BCUT2D eigenvalue weighted by Crippen LogP contribution is 2.38. The van der Waals surface area contributed by atoms with Crippen molar-refractivity contribution < 1.29 is 23.8 Å². The van der Waals surface area contributed by atoms with Crippen molar-refractivity contribution >= 4 is 23.5 Å². The van der Waals surface area contributed by atoms with Gasteiger partial charge >= 0.3 is 12.1 Å². The van der Waals surface area contributed by atoms with E-state index in [0.29, 0.717) is 49.7 Å². The van der Waals surface area contributed by atoms with Gasteiger partial charge in [-0.1, -0.05) is 12.1 Å². The van der Waals surface area contributed by atoms with Gasteiger partial charge in [0.15, 0.2) is 0 Å². The fourth-order valence-corrected chi connectivity index (χ4v) is 3.92. The second-order valence-corrected chi connectivity index (χ2v) is 7.28. The molecule has 9 heteroatoms. The molecule has 2 heterocycles. The molecule has 0 saturated carbocycles. The number of carbonyl (C=O) groups is 2. The van der Waals surface area contributed by atoms with Crippen molar-refractivity contribution in [1.82, 2.24) is 10.2 Å². The lowest BCUT2D eigenvalue weighted by molar-refractivity contribution is 0.142. The van der Waals surface area contributed by atoms with Gasteiger partial charge in [0, 0.05) is 56.1 Å². The quantitative estimate of drug-likeness (QED) is 0.804. The molecular weight excluding hydrogens is 391 g/mol. The molecule has 0 aromatic heterocycles. The van der Waals surface area contributed by atoms with Gasteiger partial charge < -0.3 is 25.0 Å². The molecule has 2 aromatic rings. The summed E-state index contributed by atoms with van der Waals surface area (Å²) in [4.78, 5) is 28.9. The van der Waals surface area contributed by atoms with Crippen LogP contribution in [0.2, 0.25) is 0 Å². The average Bonchev–Trinajstić information content (AvgIpc) is 2.75. The maximum absolute atomic E-state index is 13.6. The number of methoxy groups -OCH3 is 1. The number of piperazine rings is 1. The third kappa shape index (κ3) is 3.83. The van der Waals surface area contributed by atoms with E-state index in [2.05, 4.69) is 10.2 Å². The first-order chi connectivity index (χ1) is 14.5. The van der Waals surface area contributed by atoms with Crippen LogP contribution in [0.5, 0.6) is 5.75 Å². The molecule has 2 aliphatic heterocycles. The minimum atomic E-state index is -0.921. The van der Waals surface area contributed by atoms with Crippen molar-refractivity contribution in [2.24, 2.45) is 0 Å². The number of anilines is 2. The number of benzene rings is 2. The average molecular weight is 414 g/mol. The number of amides is 3. The van der Waals surface area contributed by atoms with E-state index in [1.807, 2.05) is 12.1 Å². The standard InChI is InChI=1S/C21H23FN4O4/c1-30-16-10-18(24-5-7-25(8-6-24)21(28)29)17-12-23-20(27)26(19(17)11-16)13-14-3-2-4-15(22)9-14/h2-4,9-11H,5-8,12-13H2,1H3,(H,23,27)(H,28,29). The number of carboxylic acid groups (broad SMARTS) is 1. The monoisotopic (exact) mass is 414 g/mol. The Morgan fingerprint density at radius 1 is 1.17 bits per heavy atom.